The minimum Gasteiger partial charge on any atom is -0.475 e. The molecule has 1 aromatic carbocycles. The van der Waals surface area contributed by atoms with Gasteiger partial charge in [0.1, 0.15) is 6.04 Å². The second kappa shape index (κ2) is 12.7. The quantitative estimate of drug-likeness (QED) is 0.444. The molecule has 4 heterocycles. The number of alkyl halides is 3. The van der Waals surface area contributed by atoms with E-state index in [1.54, 1.807) is 4.90 Å². The molecule has 3 saturated heterocycles. The second-order valence-electron chi connectivity index (χ2n) is 11.8. The van der Waals surface area contributed by atoms with Gasteiger partial charge in [-0.05, 0) is 81.1 Å². The average molecular weight is 595 g/mol. The van der Waals surface area contributed by atoms with E-state index in [0.717, 1.165) is 44.6 Å². The number of likely N-dealkylation sites (tertiary alicyclic amines) is 1. The number of fused-ring (bicyclic) bond motifs is 1. The fraction of sp³-hybridized carbons (Fsp3) is 0.655. The highest BCUT2D eigenvalue weighted by Gasteiger charge is 2.40. The third kappa shape index (κ3) is 6.95. The van der Waals surface area contributed by atoms with Gasteiger partial charge in [-0.1, -0.05) is 12.1 Å². The van der Waals surface area contributed by atoms with E-state index in [4.69, 9.17) is 14.6 Å². The van der Waals surface area contributed by atoms with E-state index in [1.807, 2.05) is 6.07 Å². The molecular weight excluding hydrogens is 557 g/mol. The number of carboxylic acid groups (broad SMARTS) is 1. The molecule has 5 aliphatic rings. The van der Waals surface area contributed by atoms with Crippen LogP contribution in [0.15, 0.2) is 18.2 Å². The van der Waals surface area contributed by atoms with Crippen LogP contribution in [0.5, 0.6) is 0 Å². The standard InChI is InChI=1S/C27H36N4O4.C2HF3O2/c32-25-8-7-24(26(33)29-25)31-14-19-13-18(3-6-23(19)27(31)34)17-1-4-20(5-2-17)30-15-22(16-30)35-21-9-11-28-12-10-21;3-2(4,5)1(6)7/h3,6,13,17,20-22,24,28H,1-2,4-5,7-12,14-16H2,(H,29,32,33);(H,6,7). The lowest BCUT2D eigenvalue weighted by atomic mass is 9.80. The van der Waals surface area contributed by atoms with Crippen molar-refractivity contribution >= 4 is 23.7 Å². The van der Waals surface area contributed by atoms with E-state index in [0.29, 0.717) is 42.7 Å². The van der Waals surface area contributed by atoms with Gasteiger partial charge in [0.15, 0.2) is 0 Å². The molecular formula is C29H37F3N4O6. The summed E-state index contributed by atoms with van der Waals surface area (Å²) in [5.41, 5.74) is 3.03. The summed E-state index contributed by atoms with van der Waals surface area (Å²) in [5.74, 6) is -2.93. The first kappa shape index (κ1) is 30.4. The number of carboxylic acids is 1. The third-order valence-electron chi connectivity index (χ3n) is 9.02. The highest BCUT2D eigenvalue weighted by molar-refractivity contribution is 6.05. The van der Waals surface area contributed by atoms with E-state index in [1.165, 1.54) is 31.2 Å². The summed E-state index contributed by atoms with van der Waals surface area (Å²) in [4.78, 5) is 49.9. The molecule has 4 fully saturated rings. The largest absolute Gasteiger partial charge is 0.490 e. The zero-order valence-electron chi connectivity index (χ0n) is 23.3. The Morgan fingerprint density at radius 2 is 1.62 bits per heavy atom. The molecule has 13 heteroatoms. The Balaban J connectivity index is 0.000000451. The van der Waals surface area contributed by atoms with Gasteiger partial charge in [0.05, 0.1) is 12.2 Å². The fourth-order valence-electron chi connectivity index (χ4n) is 6.68. The topological polar surface area (TPSA) is 128 Å². The van der Waals surface area contributed by atoms with Gasteiger partial charge in [-0.3, -0.25) is 24.6 Å². The SMILES string of the molecule is O=C(O)C(F)(F)F.O=C1CCC(N2Cc3cc(C4CCC(N5CC(OC6CCNCC6)C5)CC4)ccc3C2=O)C(=O)N1. The van der Waals surface area contributed by atoms with Crippen molar-refractivity contribution in [2.45, 2.75) is 94.3 Å². The van der Waals surface area contributed by atoms with Crippen molar-refractivity contribution in [2.75, 3.05) is 26.2 Å². The summed E-state index contributed by atoms with van der Waals surface area (Å²) in [7, 11) is 0. The van der Waals surface area contributed by atoms with Crippen molar-refractivity contribution in [3.8, 4) is 0 Å². The molecule has 0 bridgehead atoms. The molecule has 0 radical (unpaired) electrons. The van der Waals surface area contributed by atoms with Crippen molar-refractivity contribution < 1.29 is 42.2 Å². The summed E-state index contributed by atoms with van der Waals surface area (Å²) in [6, 6.07) is 6.37. The van der Waals surface area contributed by atoms with E-state index in [9.17, 15) is 27.6 Å². The van der Waals surface area contributed by atoms with Crippen molar-refractivity contribution in [1.82, 2.24) is 20.4 Å². The molecule has 42 heavy (non-hydrogen) atoms. The Morgan fingerprint density at radius 3 is 2.24 bits per heavy atom. The maximum atomic E-state index is 13.0. The maximum absolute atomic E-state index is 13.0. The van der Waals surface area contributed by atoms with Gasteiger partial charge in [-0.2, -0.15) is 13.2 Å². The van der Waals surface area contributed by atoms with Crippen molar-refractivity contribution in [1.29, 1.82) is 0 Å². The number of amides is 3. The van der Waals surface area contributed by atoms with Crippen LogP contribution in [0.2, 0.25) is 0 Å². The van der Waals surface area contributed by atoms with Gasteiger partial charge in [-0.15, -0.1) is 0 Å². The summed E-state index contributed by atoms with van der Waals surface area (Å²) in [6.07, 6.45) is 3.50. The van der Waals surface area contributed by atoms with Crippen molar-refractivity contribution in [3.63, 3.8) is 0 Å². The number of hydrogen-bond donors (Lipinski definition) is 3. The maximum Gasteiger partial charge on any atom is 0.490 e. The number of nitrogens with zero attached hydrogens (tertiary/aromatic N) is 2. The molecule has 3 N–H and O–H groups in total. The van der Waals surface area contributed by atoms with Crippen LogP contribution in [0.3, 0.4) is 0 Å². The van der Waals surface area contributed by atoms with E-state index in [2.05, 4.69) is 27.7 Å². The molecule has 1 atom stereocenters. The summed E-state index contributed by atoms with van der Waals surface area (Å²) in [5, 5.41) is 12.9. The molecule has 10 nitrogen and oxygen atoms in total. The molecule has 1 unspecified atom stereocenters. The monoisotopic (exact) mass is 594 g/mol. The summed E-state index contributed by atoms with van der Waals surface area (Å²) < 4.78 is 38.0. The Kier molecular flexibility index (Phi) is 9.19. The van der Waals surface area contributed by atoms with Gasteiger partial charge in [0.25, 0.3) is 5.91 Å². The molecule has 1 aromatic rings. The lowest BCUT2D eigenvalue weighted by Gasteiger charge is -2.47. The third-order valence-corrected chi connectivity index (χ3v) is 9.02. The molecule has 3 amide bonds. The zero-order valence-corrected chi connectivity index (χ0v) is 23.3. The highest BCUT2D eigenvalue weighted by Crippen LogP contribution is 2.38. The van der Waals surface area contributed by atoms with Crippen LogP contribution in [0.1, 0.15) is 78.8 Å². The number of ether oxygens (including phenoxy) is 1. The van der Waals surface area contributed by atoms with Gasteiger partial charge in [0.2, 0.25) is 11.8 Å². The zero-order chi connectivity index (χ0) is 30.0. The number of carbonyl (C=O) groups excluding carboxylic acids is 3. The molecule has 230 valence electrons. The number of carbonyl (C=O) groups is 4. The number of halogens is 3. The van der Waals surface area contributed by atoms with Crippen LogP contribution in [-0.4, -0.2) is 95.2 Å². The van der Waals surface area contributed by atoms with E-state index in [-0.39, 0.29) is 24.1 Å². The lowest BCUT2D eigenvalue weighted by molar-refractivity contribution is -0.192. The minimum absolute atomic E-state index is 0.0937. The van der Waals surface area contributed by atoms with Crippen molar-refractivity contribution in [2.24, 2.45) is 0 Å². The van der Waals surface area contributed by atoms with Crippen LogP contribution in [-0.2, 0) is 25.7 Å². The Morgan fingerprint density at radius 1 is 0.952 bits per heavy atom. The normalized spacial score (nSPS) is 27.5. The Hall–Kier alpha value is -3.03. The highest BCUT2D eigenvalue weighted by atomic mass is 19.4. The Bertz CT molecular complexity index is 1190. The first-order valence-corrected chi connectivity index (χ1v) is 14.7. The number of nitrogens with one attached hydrogen (secondary N) is 2. The van der Waals surface area contributed by atoms with Gasteiger partial charge in [-0.25, -0.2) is 4.79 Å². The van der Waals surface area contributed by atoms with Crippen LogP contribution in [0.4, 0.5) is 13.2 Å². The van der Waals surface area contributed by atoms with E-state index >= 15 is 0 Å². The van der Waals surface area contributed by atoms with Crippen LogP contribution >= 0.6 is 0 Å². The van der Waals surface area contributed by atoms with Gasteiger partial charge < -0.3 is 20.1 Å². The number of piperidine rings is 2. The molecule has 4 aliphatic heterocycles. The minimum atomic E-state index is -5.08. The second-order valence-corrected chi connectivity index (χ2v) is 11.8. The van der Waals surface area contributed by atoms with Gasteiger partial charge in [0, 0.05) is 37.7 Å². The van der Waals surface area contributed by atoms with Crippen LogP contribution < -0.4 is 10.6 Å². The predicted octanol–water partition coefficient (Wildman–Crippen LogP) is 2.56. The first-order valence-electron chi connectivity index (χ1n) is 14.7. The first-order chi connectivity index (χ1) is 20.0. The average Bonchev–Trinajstić information content (AvgIpc) is 3.26. The lowest BCUT2D eigenvalue weighted by Crippen LogP contribution is -2.58. The molecule has 0 aromatic heterocycles. The molecule has 6 rings (SSSR count). The van der Waals surface area contributed by atoms with E-state index < -0.39 is 18.2 Å². The van der Waals surface area contributed by atoms with Crippen molar-refractivity contribution in [3.05, 3.63) is 34.9 Å². The molecule has 1 saturated carbocycles. The molecule has 1 aliphatic carbocycles. The fourth-order valence-corrected chi connectivity index (χ4v) is 6.68. The van der Waals surface area contributed by atoms with Crippen LogP contribution in [0, 0.1) is 0 Å². The number of rotatable bonds is 5. The number of benzene rings is 1. The van der Waals surface area contributed by atoms with Gasteiger partial charge >= 0.3 is 12.1 Å². The number of hydrogen-bond acceptors (Lipinski definition) is 7. The Labute approximate surface area is 241 Å². The molecule has 0 spiro atoms. The predicted molar refractivity (Wildman–Crippen MR) is 144 cm³/mol. The summed E-state index contributed by atoms with van der Waals surface area (Å²) in [6.45, 7) is 4.77. The van der Waals surface area contributed by atoms with Crippen LogP contribution in [0.25, 0.3) is 0 Å². The number of aliphatic carboxylic acids is 1. The summed E-state index contributed by atoms with van der Waals surface area (Å²) >= 11 is 0. The number of imide groups is 1. The smallest absolute Gasteiger partial charge is 0.475 e.